The number of hydrogen-bond donors (Lipinski definition) is 1. The molecule has 98 valence electrons. The number of hydrogen-bond acceptors (Lipinski definition) is 2. The van der Waals surface area contributed by atoms with Gasteiger partial charge in [-0.05, 0) is 37.5 Å². The summed E-state index contributed by atoms with van der Waals surface area (Å²) in [6.45, 7) is 8.12. The summed E-state index contributed by atoms with van der Waals surface area (Å²) in [7, 11) is 0. The lowest BCUT2D eigenvalue weighted by molar-refractivity contribution is 0.340. The van der Waals surface area contributed by atoms with E-state index in [1.807, 2.05) is 0 Å². The van der Waals surface area contributed by atoms with E-state index in [0.717, 1.165) is 19.0 Å². The van der Waals surface area contributed by atoms with Gasteiger partial charge in [0.25, 0.3) is 0 Å². The molecular formula is C16H24N2. The van der Waals surface area contributed by atoms with E-state index in [0.29, 0.717) is 0 Å². The smallest absolute Gasteiger partial charge is 0.0138 e. The molecule has 1 heterocycles. The van der Waals surface area contributed by atoms with Gasteiger partial charge < -0.3 is 10.2 Å². The lowest BCUT2D eigenvalue weighted by atomic mass is 10.1. The molecule has 0 amide bonds. The van der Waals surface area contributed by atoms with E-state index >= 15 is 0 Å². The van der Waals surface area contributed by atoms with Gasteiger partial charge in [-0.1, -0.05) is 49.4 Å². The summed E-state index contributed by atoms with van der Waals surface area (Å²) in [6, 6.07) is 10.5. The summed E-state index contributed by atoms with van der Waals surface area (Å²) in [4.78, 5) is 2.53. The zero-order valence-electron chi connectivity index (χ0n) is 11.3. The third kappa shape index (κ3) is 4.28. The van der Waals surface area contributed by atoms with Crippen LogP contribution in [0.5, 0.6) is 0 Å². The Morgan fingerprint density at radius 2 is 2.17 bits per heavy atom. The first-order chi connectivity index (χ1) is 8.88. The molecule has 1 fully saturated rings. The molecule has 0 spiro atoms. The Balaban J connectivity index is 1.60. The zero-order chi connectivity index (χ0) is 12.6. The average molecular weight is 244 g/mol. The molecule has 0 aromatic heterocycles. The van der Waals surface area contributed by atoms with Crippen molar-refractivity contribution < 1.29 is 0 Å². The van der Waals surface area contributed by atoms with Crippen molar-refractivity contribution in [2.75, 3.05) is 32.7 Å². The Labute approximate surface area is 111 Å². The van der Waals surface area contributed by atoms with E-state index in [1.54, 1.807) is 0 Å². The van der Waals surface area contributed by atoms with Crippen LogP contribution in [0.1, 0.15) is 18.9 Å². The molecule has 1 atom stereocenters. The fraction of sp³-hybridized carbons (Fsp3) is 0.500. The van der Waals surface area contributed by atoms with Gasteiger partial charge in [0, 0.05) is 13.1 Å². The summed E-state index contributed by atoms with van der Waals surface area (Å²) in [5.74, 6) is 0.843. The van der Waals surface area contributed by atoms with Crippen LogP contribution in [0.3, 0.4) is 0 Å². The first-order valence-electron chi connectivity index (χ1n) is 7.03. The van der Waals surface area contributed by atoms with Crippen molar-refractivity contribution in [3.63, 3.8) is 0 Å². The van der Waals surface area contributed by atoms with E-state index in [4.69, 9.17) is 0 Å². The third-order valence-electron chi connectivity index (χ3n) is 3.62. The molecule has 1 aromatic rings. The molecule has 2 heteroatoms. The minimum absolute atomic E-state index is 0.843. The topological polar surface area (TPSA) is 15.3 Å². The average Bonchev–Trinajstić information content (AvgIpc) is 2.87. The van der Waals surface area contributed by atoms with Gasteiger partial charge in [-0.15, -0.1) is 0 Å². The van der Waals surface area contributed by atoms with Crippen molar-refractivity contribution in [2.24, 2.45) is 5.92 Å². The highest BCUT2D eigenvalue weighted by atomic mass is 15.1. The van der Waals surface area contributed by atoms with Crippen molar-refractivity contribution in [3.05, 3.63) is 42.0 Å². The van der Waals surface area contributed by atoms with Crippen molar-refractivity contribution in [2.45, 2.75) is 13.3 Å². The minimum Gasteiger partial charge on any atom is -0.313 e. The van der Waals surface area contributed by atoms with Crippen molar-refractivity contribution in [3.8, 4) is 0 Å². The van der Waals surface area contributed by atoms with Gasteiger partial charge in [0.1, 0.15) is 0 Å². The SMILES string of the molecule is CCN1CCC(CNC/C=C/c2ccccc2)C1. The van der Waals surface area contributed by atoms with Crippen LogP contribution in [0.4, 0.5) is 0 Å². The molecule has 1 aliphatic heterocycles. The normalized spacial score (nSPS) is 20.8. The van der Waals surface area contributed by atoms with E-state index in [9.17, 15) is 0 Å². The molecule has 1 unspecified atom stereocenters. The lowest BCUT2D eigenvalue weighted by Crippen LogP contribution is -2.26. The molecule has 1 saturated heterocycles. The first kappa shape index (κ1) is 13.3. The monoisotopic (exact) mass is 244 g/mol. The Morgan fingerprint density at radius 1 is 1.33 bits per heavy atom. The summed E-state index contributed by atoms with van der Waals surface area (Å²) >= 11 is 0. The fourth-order valence-corrected chi connectivity index (χ4v) is 2.50. The lowest BCUT2D eigenvalue weighted by Gasteiger charge is -2.13. The van der Waals surface area contributed by atoms with Gasteiger partial charge in [0.05, 0.1) is 0 Å². The number of rotatable bonds is 6. The molecule has 0 radical (unpaired) electrons. The predicted molar refractivity (Wildman–Crippen MR) is 78.6 cm³/mol. The number of nitrogens with one attached hydrogen (secondary N) is 1. The van der Waals surface area contributed by atoms with E-state index in [-0.39, 0.29) is 0 Å². The molecular weight excluding hydrogens is 220 g/mol. The van der Waals surface area contributed by atoms with Crippen LogP contribution in [0.15, 0.2) is 36.4 Å². The highest BCUT2D eigenvalue weighted by Crippen LogP contribution is 2.14. The largest absolute Gasteiger partial charge is 0.313 e. The Kier molecular flexibility index (Phi) is 5.43. The quantitative estimate of drug-likeness (QED) is 0.774. The van der Waals surface area contributed by atoms with E-state index < -0.39 is 0 Å². The van der Waals surface area contributed by atoms with Crippen molar-refractivity contribution in [1.29, 1.82) is 0 Å². The van der Waals surface area contributed by atoms with Crippen LogP contribution in [-0.2, 0) is 0 Å². The number of benzene rings is 1. The van der Waals surface area contributed by atoms with Gasteiger partial charge in [-0.25, -0.2) is 0 Å². The molecule has 1 aliphatic rings. The maximum Gasteiger partial charge on any atom is 0.0138 e. The Bertz CT molecular complexity index is 359. The zero-order valence-corrected chi connectivity index (χ0v) is 11.3. The van der Waals surface area contributed by atoms with Crippen molar-refractivity contribution in [1.82, 2.24) is 10.2 Å². The van der Waals surface area contributed by atoms with Gasteiger partial charge >= 0.3 is 0 Å². The highest BCUT2D eigenvalue weighted by molar-refractivity contribution is 5.48. The fourth-order valence-electron chi connectivity index (χ4n) is 2.50. The standard InChI is InChI=1S/C16H24N2/c1-2-18-12-10-16(14-18)13-17-11-6-9-15-7-4-3-5-8-15/h3-9,16-17H,2,10-14H2,1H3/b9-6+. The second-order valence-electron chi connectivity index (χ2n) is 5.02. The van der Waals surface area contributed by atoms with E-state index in [1.165, 1.54) is 31.6 Å². The van der Waals surface area contributed by atoms with Gasteiger partial charge in [-0.2, -0.15) is 0 Å². The number of nitrogens with zero attached hydrogens (tertiary/aromatic N) is 1. The highest BCUT2D eigenvalue weighted by Gasteiger charge is 2.19. The van der Waals surface area contributed by atoms with E-state index in [2.05, 4.69) is 59.6 Å². The second-order valence-corrected chi connectivity index (χ2v) is 5.02. The minimum atomic E-state index is 0.843. The van der Waals surface area contributed by atoms with Crippen LogP contribution in [0, 0.1) is 5.92 Å². The Hall–Kier alpha value is -1.12. The molecule has 0 saturated carbocycles. The van der Waals surface area contributed by atoms with Crippen LogP contribution < -0.4 is 5.32 Å². The molecule has 2 nitrogen and oxygen atoms in total. The van der Waals surface area contributed by atoms with Crippen LogP contribution in [0.2, 0.25) is 0 Å². The molecule has 18 heavy (non-hydrogen) atoms. The van der Waals surface area contributed by atoms with Crippen LogP contribution >= 0.6 is 0 Å². The Morgan fingerprint density at radius 3 is 2.89 bits per heavy atom. The van der Waals surface area contributed by atoms with Gasteiger partial charge in [0.2, 0.25) is 0 Å². The summed E-state index contributed by atoms with van der Waals surface area (Å²) < 4.78 is 0. The van der Waals surface area contributed by atoms with Crippen LogP contribution in [0.25, 0.3) is 6.08 Å². The van der Waals surface area contributed by atoms with Crippen molar-refractivity contribution >= 4 is 6.08 Å². The molecule has 0 bridgehead atoms. The summed E-state index contributed by atoms with van der Waals surface area (Å²) in [5.41, 5.74) is 1.28. The van der Waals surface area contributed by atoms with Gasteiger partial charge in [-0.3, -0.25) is 0 Å². The molecule has 1 N–H and O–H groups in total. The van der Waals surface area contributed by atoms with Gasteiger partial charge in [0.15, 0.2) is 0 Å². The maximum absolute atomic E-state index is 3.53. The first-order valence-corrected chi connectivity index (χ1v) is 7.03. The maximum atomic E-state index is 3.53. The molecule has 1 aromatic carbocycles. The second kappa shape index (κ2) is 7.34. The summed E-state index contributed by atoms with van der Waals surface area (Å²) in [6.07, 6.45) is 5.74. The molecule has 2 rings (SSSR count). The molecule has 0 aliphatic carbocycles. The summed E-state index contributed by atoms with van der Waals surface area (Å²) in [5, 5.41) is 3.53. The van der Waals surface area contributed by atoms with Crippen LogP contribution in [-0.4, -0.2) is 37.6 Å². The third-order valence-corrected chi connectivity index (χ3v) is 3.62. The predicted octanol–water partition coefficient (Wildman–Crippen LogP) is 2.63. The number of likely N-dealkylation sites (tertiary alicyclic amines) is 1.